The van der Waals surface area contributed by atoms with Gasteiger partial charge in [-0.05, 0) is 18.4 Å². The van der Waals surface area contributed by atoms with Crippen LogP contribution in [-0.4, -0.2) is 45.0 Å². The van der Waals surface area contributed by atoms with Crippen molar-refractivity contribution in [1.29, 1.82) is 0 Å². The summed E-state index contributed by atoms with van der Waals surface area (Å²) < 4.78 is 23.0. The number of hydrogen-bond donors (Lipinski definition) is 2. The summed E-state index contributed by atoms with van der Waals surface area (Å²) in [6.07, 6.45) is 1.75. The smallest absolute Gasteiger partial charge is 0.191 e. The standard InChI is InChI=1S/C15H21N3O2S/c1-16-15(17-12-7-8-21(19,20)10-12)18-14-9-13(14)11-5-3-2-4-6-11/h2-6,12-14H,7-10H2,1H3,(H2,16,17,18). The van der Waals surface area contributed by atoms with Crippen LogP contribution in [0.15, 0.2) is 35.3 Å². The Hall–Kier alpha value is -1.56. The SMILES string of the molecule is CN=C(NC1CCS(=O)(=O)C1)NC1CC1c1ccccc1. The molecule has 1 aliphatic heterocycles. The number of rotatable bonds is 3. The number of guanidine groups is 1. The summed E-state index contributed by atoms with van der Waals surface area (Å²) in [5.74, 6) is 1.72. The van der Waals surface area contributed by atoms with Crippen LogP contribution in [0.3, 0.4) is 0 Å². The Bertz CT molecular complexity index is 628. The van der Waals surface area contributed by atoms with Crippen LogP contribution in [0, 0.1) is 0 Å². The molecule has 0 spiro atoms. The molecule has 1 saturated heterocycles. The van der Waals surface area contributed by atoms with Crippen molar-refractivity contribution in [2.45, 2.75) is 30.8 Å². The largest absolute Gasteiger partial charge is 0.353 e. The summed E-state index contributed by atoms with van der Waals surface area (Å²) in [5.41, 5.74) is 1.34. The van der Waals surface area contributed by atoms with E-state index < -0.39 is 9.84 Å². The average Bonchev–Trinajstić information content (AvgIpc) is 3.15. The van der Waals surface area contributed by atoms with Crippen LogP contribution in [0.5, 0.6) is 0 Å². The molecule has 2 aliphatic rings. The van der Waals surface area contributed by atoms with Gasteiger partial charge in [0.05, 0.1) is 11.5 Å². The molecular formula is C15H21N3O2S. The van der Waals surface area contributed by atoms with Crippen molar-refractivity contribution in [3.63, 3.8) is 0 Å². The van der Waals surface area contributed by atoms with E-state index in [1.165, 1.54) is 5.56 Å². The second-order valence-corrected chi connectivity index (χ2v) is 8.05. The monoisotopic (exact) mass is 307 g/mol. The van der Waals surface area contributed by atoms with Gasteiger partial charge in [0.25, 0.3) is 0 Å². The van der Waals surface area contributed by atoms with Gasteiger partial charge in [0.2, 0.25) is 0 Å². The van der Waals surface area contributed by atoms with Gasteiger partial charge in [0, 0.05) is 25.0 Å². The van der Waals surface area contributed by atoms with Gasteiger partial charge >= 0.3 is 0 Å². The fourth-order valence-corrected chi connectivity index (χ4v) is 4.55. The predicted octanol–water partition coefficient (Wildman–Crippen LogP) is 0.895. The van der Waals surface area contributed by atoms with Gasteiger partial charge in [0.1, 0.15) is 0 Å². The summed E-state index contributed by atoms with van der Waals surface area (Å²) in [6.45, 7) is 0. The fourth-order valence-electron chi connectivity index (χ4n) is 2.87. The Labute approximate surface area is 125 Å². The molecule has 2 fully saturated rings. The number of nitrogens with one attached hydrogen (secondary N) is 2. The van der Waals surface area contributed by atoms with Crippen LogP contribution in [0.1, 0.15) is 24.3 Å². The Kier molecular flexibility index (Phi) is 3.89. The van der Waals surface area contributed by atoms with Crippen LogP contribution >= 0.6 is 0 Å². The molecule has 1 saturated carbocycles. The molecule has 0 aromatic heterocycles. The molecule has 114 valence electrons. The van der Waals surface area contributed by atoms with Gasteiger partial charge in [-0.3, -0.25) is 4.99 Å². The van der Waals surface area contributed by atoms with Crippen molar-refractivity contribution in [2.24, 2.45) is 4.99 Å². The number of benzene rings is 1. The zero-order chi connectivity index (χ0) is 14.9. The maximum absolute atomic E-state index is 11.5. The molecule has 2 N–H and O–H groups in total. The van der Waals surface area contributed by atoms with E-state index >= 15 is 0 Å². The van der Waals surface area contributed by atoms with Crippen molar-refractivity contribution in [3.05, 3.63) is 35.9 Å². The maximum Gasteiger partial charge on any atom is 0.191 e. The highest BCUT2D eigenvalue weighted by molar-refractivity contribution is 7.91. The lowest BCUT2D eigenvalue weighted by molar-refractivity contribution is 0.599. The Balaban J connectivity index is 1.53. The molecule has 0 amide bonds. The molecule has 1 aliphatic carbocycles. The third kappa shape index (κ3) is 3.56. The van der Waals surface area contributed by atoms with Gasteiger partial charge in [0.15, 0.2) is 15.8 Å². The molecule has 3 unspecified atom stereocenters. The van der Waals surface area contributed by atoms with Crippen LogP contribution in [0.4, 0.5) is 0 Å². The third-order valence-corrected chi connectivity index (χ3v) is 5.91. The molecule has 1 aromatic carbocycles. The fraction of sp³-hybridized carbons (Fsp3) is 0.533. The van der Waals surface area contributed by atoms with E-state index in [0.717, 1.165) is 6.42 Å². The topological polar surface area (TPSA) is 70.6 Å². The van der Waals surface area contributed by atoms with Crippen molar-refractivity contribution in [1.82, 2.24) is 10.6 Å². The molecule has 1 heterocycles. The van der Waals surface area contributed by atoms with E-state index in [9.17, 15) is 8.42 Å². The minimum Gasteiger partial charge on any atom is -0.353 e. The van der Waals surface area contributed by atoms with Gasteiger partial charge in [-0.25, -0.2) is 8.42 Å². The molecule has 3 rings (SSSR count). The summed E-state index contributed by atoms with van der Waals surface area (Å²) in [6, 6.07) is 10.8. The quantitative estimate of drug-likeness (QED) is 0.643. The highest BCUT2D eigenvalue weighted by Gasteiger charge is 2.39. The summed E-state index contributed by atoms with van der Waals surface area (Å²) >= 11 is 0. The van der Waals surface area contributed by atoms with E-state index in [2.05, 4.69) is 39.9 Å². The molecule has 6 heteroatoms. The molecule has 0 radical (unpaired) electrons. The Morgan fingerprint density at radius 1 is 1.24 bits per heavy atom. The molecule has 5 nitrogen and oxygen atoms in total. The first-order valence-electron chi connectivity index (χ1n) is 7.32. The van der Waals surface area contributed by atoms with Crippen molar-refractivity contribution in [3.8, 4) is 0 Å². The second kappa shape index (κ2) is 5.67. The molecule has 21 heavy (non-hydrogen) atoms. The van der Waals surface area contributed by atoms with Gasteiger partial charge < -0.3 is 10.6 Å². The lowest BCUT2D eigenvalue weighted by Crippen LogP contribution is -2.45. The highest BCUT2D eigenvalue weighted by atomic mass is 32.2. The maximum atomic E-state index is 11.5. The minimum atomic E-state index is -2.86. The molecule has 3 atom stereocenters. The first-order valence-corrected chi connectivity index (χ1v) is 9.15. The number of hydrogen-bond acceptors (Lipinski definition) is 3. The van der Waals surface area contributed by atoms with Gasteiger partial charge in [-0.15, -0.1) is 0 Å². The zero-order valence-corrected chi connectivity index (χ0v) is 12.9. The normalized spacial score (nSPS) is 30.9. The first-order chi connectivity index (χ1) is 10.1. The summed E-state index contributed by atoms with van der Waals surface area (Å²) in [4.78, 5) is 4.21. The predicted molar refractivity (Wildman–Crippen MR) is 84.3 cm³/mol. The minimum absolute atomic E-state index is 0.0184. The molecular weight excluding hydrogens is 286 g/mol. The van der Waals surface area contributed by atoms with Crippen LogP contribution in [-0.2, 0) is 9.84 Å². The van der Waals surface area contributed by atoms with Crippen molar-refractivity contribution in [2.75, 3.05) is 18.6 Å². The second-order valence-electron chi connectivity index (χ2n) is 5.82. The Morgan fingerprint density at radius 2 is 2.00 bits per heavy atom. The van der Waals surface area contributed by atoms with E-state index in [-0.39, 0.29) is 17.5 Å². The van der Waals surface area contributed by atoms with E-state index in [4.69, 9.17) is 0 Å². The van der Waals surface area contributed by atoms with Gasteiger partial charge in [-0.2, -0.15) is 0 Å². The van der Waals surface area contributed by atoms with E-state index in [1.807, 2.05) is 6.07 Å². The third-order valence-electron chi connectivity index (χ3n) is 4.14. The molecule has 1 aromatic rings. The average molecular weight is 307 g/mol. The summed E-state index contributed by atoms with van der Waals surface area (Å²) in [5, 5.41) is 6.61. The number of sulfone groups is 1. The number of aliphatic imine (C=N–C) groups is 1. The highest BCUT2D eigenvalue weighted by Crippen LogP contribution is 2.40. The number of nitrogens with zero attached hydrogens (tertiary/aromatic N) is 1. The lowest BCUT2D eigenvalue weighted by atomic mass is 10.1. The van der Waals surface area contributed by atoms with Crippen molar-refractivity contribution < 1.29 is 8.42 Å². The lowest BCUT2D eigenvalue weighted by Gasteiger charge is -2.16. The van der Waals surface area contributed by atoms with E-state index in [1.54, 1.807) is 7.05 Å². The van der Waals surface area contributed by atoms with Crippen LogP contribution in [0.25, 0.3) is 0 Å². The van der Waals surface area contributed by atoms with Crippen LogP contribution in [0.2, 0.25) is 0 Å². The van der Waals surface area contributed by atoms with Crippen LogP contribution < -0.4 is 10.6 Å². The summed E-state index contributed by atoms with van der Waals surface area (Å²) in [7, 11) is -1.14. The zero-order valence-electron chi connectivity index (χ0n) is 12.1. The Morgan fingerprint density at radius 3 is 2.62 bits per heavy atom. The molecule has 0 bridgehead atoms. The van der Waals surface area contributed by atoms with Gasteiger partial charge in [-0.1, -0.05) is 30.3 Å². The van der Waals surface area contributed by atoms with E-state index in [0.29, 0.717) is 24.3 Å². The first kappa shape index (κ1) is 14.4. The van der Waals surface area contributed by atoms with Crippen molar-refractivity contribution >= 4 is 15.8 Å².